The predicted molar refractivity (Wildman–Crippen MR) is 116 cm³/mol. The minimum Gasteiger partial charge on any atom is -0.497 e. The summed E-state index contributed by atoms with van der Waals surface area (Å²) < 4.78 is 7.06. The summed E-state index contributed by atoms with van der Waals surface area (Å²) in [5.74, 6) is 1.09. The number of rotatable bonds is 7. The van der Waals surface area contributed by atoms with Crippen LogP contribution in [0.5, 0.6) is 5.75 Å². The molecule has 30 heavy (non-hydrogen) atoms. The molecule has 4 aromatic rings. The van der Waals surface area contributed by atoms with Crippen molar-refractivity contribution in [1.82, 2.24) is 19.9 Å². The number of hydrogen-bond donors (Lipinski definition) is 3. The lowest BCUT2D eigenvalue weighted by molar-refractivity contribution is 0.0955. The number of benzene rings is 2. The zero-order valence-corrected chi connectivity index (χ0v) is 16.5. The zero-order valence-electron chi connectivity index (χ0n) is 16.5. The third-order valence-corrected chi connectivity index (χ3v) is 4.58. The van der Waals surface area contributed by atoms with E-state index in [1.807, 2.05) is 54.7 Å². The average molecular weight is 402 g/mol. The third kappa shape index (κ3) is 4.08. The lowest BCUT2D eigenvalue weighted by Gasteiger charge is -2.05. The first-order valence-electron chi connectivity index (χ1n) is 9.53. The lowest BCUT2D eigenvalue weighted by atomic mass is 10.1. The molecule has 8 nitrogen and oxygen atoms in total. The second-order valence-electron chi connectivity index (χ2n) is 6.60. The van der Waals surface area contributed by atoms with Crippen molar-refractivity contribution in [2.45, 2.75) is 0 Å². The highest BCUT2D eigenvalue weighted by Gasteiger charge is 2.11. The van der Waals surface area contributed by atoms with Gasteiger partial charge in [-0.1, -0.05) is 12.1 Å². The summed E-state index contributed by atoms with van der Waals surface area (Å²) >= 11 is 0. The molecular weight excluding hydrogens is 380 g/mol. The standard InChI is InChI=1S/C22H22N6O2/c1-30-18-5-2-4-16(14-18)19-6-3-13-28-20(19)26-22(27-28)25-17-9-7-15(8-10-17)21(29)24-12-11-23/h2-10,13-14H,11-12,23H2,1H3,(H,24,29)(H,25,27). The Hall–Kier alpha value is -3.91. The molecule has 0 radical (unpaired) electrons. The number of nitrogens with zero attached hydrogens (tertiary/aromatic N) is 3. The van der Waals surface area contributed by atoms with E-state index in [2.05, 4.69) is 20.7 Å². The monoisotopic (exact) mass is 402 g/mol. The van der Waals surface area contributed by atoms with Crippen LogP contribution in [-0.4, -0.2) is 40.7 Å². The molecule has 2 aromatic carbocycles. The van der Waals surface area contributed by atoms with Crippen molar-refractivity contribution >= 4 is 23.2 Å². The first-order chi connectivity index (χ1) is 14.7. The van der Waals surface area contributed by atoms with Crippen molar-refractivity contribution in [3.05, 3.63) is 72.4 Å². The molecule has 0 fully saturated rings. The van der Waals surface area contributed by atoms with Crippen LogP contribution >= 0.6 is 0 Å². The summed E-state index contributed by atoms with van der Waals surface area (Å²) in [7, 11) is 1.64. The van der Waals surface area contributed by atoms with E-state index >= 15 is 0 Å². The number of aromatic nitrogens is 3. The maximum Gasteiger partial charge on any atom is 0.251 e. The Morgan fingerprint density at radius 3 is 2.73 bits per heavy atom. The highest BCUT2D eigenvalue weighted by molar-refractivity contribution is 5.94. The van der Waals surface area contributed by atoms with Gasteiger partial charge in [-0.25, -0.2) is 4.52 Å². The van der Waals surface area contributed by atoms with E-state index in [-0.39, 0.29) is 5.91 Å². The van der Waals surface area contributed by atoms with E-state index in [9.17, 15) is 4.79 Å². The molecule has 1 amide bonds. The highest BCUT2D eigenvalue weighted by Crippen LogP contribution is 2.27. The van der Waals surface area contributed by atoms with Crippen LogP contribution in [0.4, 0.5) is 11.6 Å². The fraction of sp³-hybridized carbons (Fsp3) is 0.136. The number of fused-ring (bicyclic) bond motifs is 1. The Bertz CT molecular complexity index is 1170. The van der Waals surface area contributed by atoms with Crippen LogP contribution < -0.4 is 21.1 Å². The van der Waals surface area contributed by atoms with Crippen LogP contribution in [0.15, 0.2) is 66.9 Å². The van der Waals surface area contributed by atoms with Crippen LogP contribution in [0, 0.1) is 0 Å². The molecule has 0 unspecified atom stereocenters. The summed E-state index contributed by atoms with van der Waals surface area (Å²) in [5.41, 5.74) is 9.43. The van der Waals surface area contributed by atoms with Crippen LogP contribution in [0.2, 0.25) is 0 Å². The smallest absolute Gasteiger partial charge is 0.251 e. The molecule has 0 spiro atoms. The predicted octanol–water partition coefficient (Wildman–Crippen LogP) is 2.84. The fourth-order valence-electron chi connectivity index (χ4n) is 3.10. The number of nitrogens with one attached hydrogen (secondary N) is 2. The molecule has 0 aliphatic heterocycles. The van der Waals surface area contributed by atoms with Gasteiger partial charge in [-0.3, -0.25) is 4.79 Å². The van der Waals surface area contributed by atoms with Crippen molar-refractivity contribution in [3.8, 4) is 16.9 Å². The zero-order chi connectivity index (χ0) is 20.9. The van der Waals surface area contributed by atoms with Crippen molar-refractivity contribution in [2.24, 2.45) is 5.73 Å². The second-order valence-corrected chi connectivity index (χ2v) is 6.60. The van der Waals surface area contributed by atoms with Gasteiger partial charge in [-0.05, 0) is 54.1 Å². The number of carbonyl (C=O) groups excluding carboxylic acids is 1. The van der Waals surface area contributed by atoms with E-state index < -0.39 is 0 Å². The van der Waals surface area contributed by atoms with Gasteiger partial charge in [-0.15, -0.1) is 5.10 Å². The normalized spacial score (nSPS) is 10.7. The summed E-state index contributed by atoms with van der Waals surface area (Å²) in [6, 6.07) is 18.8. The van der Waals surface area contributed by atoms with Gasteiger partial charge in [0.15, 0.2) is 5.65 Å². The number of carbonyl (C=O) groups is 1. The van der Waals surface area contributed by atoms with Gasteiger partial charge in [0.25, 0.3) is 5.91 Å². The van der Waals surface area contributed by atoms with E-state index in [4.69, 9.17) is 10.5 Å². The largest absolute Gasteiger partial charge is 0.497 e. The van der Waals surface area contributed by atoms with Crippen LogP contribution in [0.25, 0.3) is 16.8 Å². The van der Waals surface area contributed by atoms with Crippen molar-refractivity contribution < 1.29 is 9.53 Å². The van der Waals surface area contributed by atoms with E-state index in [0.717, 1.165) is 28.2 Å². The quantitative estimate of drug-likeness (QED) is 0.439. The maximum absolute atomic E-state index is 12.0. The van der Waals surface area contributed by atoms with Gasteiger partial charge in [-0.2, -0.15) is 4.98 Å². The molecule has 0 saturated carbocycles. The van der Waals surface area contributed by atoms with Gasteiger partial charge >= 0.3 is 0 Å². The molecule has 0 saturated heterocycles. The molecule has 0 aliphatic rings. The first kappa shape index (κ1) is 19.4. The maximum atomic E-state index is 12.0. The average Bonchev–Trinajstić information content (AvgIpc) is 3.20. The number of amides is 1. The Labute approximate surface area is 173 Å². The van der Waals surface area contributed by atoms with E-state index in [0.29, 0.717) is 24.6 Å². The fourth-order valence-corrected chi connectivity index (χ4v) is 3.10. The molecule has 0 atom stereocenters. The van der Waals surface area contributed by atoms with Gasteiger partial charge in [0.2, 0.25) is 5.95 Å². The number of anilines is 2. The van der Waals surface area contributed by atoms with E-state index in [1.165, 1.54) is 0 Å². The topological polar surface area (TPSA) is 107 Å². The van der Waals surface area contributed by atoms with Crippen LogP contribution in [0.1, 0.15) is 10.4 Å². The first-order valence-corrected chi connectivity index (χ1v) is 9.53. The summed E-state index contributed by atoms with van der Waals surface area (Å²) in [5, 5.41) is 10.4. The van der Waals surface area contributed by atoms with Gasteiger partial charge in [0, 0.05) is 36.1 Å². The van der Waals surface area contributed by atoms with E-state index in [1.54, 1.807) is 23.8 Å². The van der Waals surface area contributed by atoms with Gasteiger partial charge < -0.3 is 21.1 Å². The molecule has 4 rings (SSSR count). The molecule has 8 heteroatoms. The van der Waals surface area contributed by atoms with Gasteiger partial charge in [0.1, 0.15) is 5.75 Å². The number of ether oxygens (including phenoxy) is 1. The van der Waals surface area contributed by atoms with Crippen molar-refractivity contribution in [1.29, 1.82) is 0 Å². The number of methoxy groups -OCH3 is 1. The Morgan fingerprint density at radius 1 is 1.13 bits per heavy atom. The Balaban J connectivity index is 1.58. The molecule has 2 aromatic heterocycles. The highest BCUT2D eigenvalue weighted by atomic mass is 16.5. The number of pyridine rings is 1. The summed E-state index contributed by atoms with van der Waals surface area (Å²) in [6.07, 6.45) is 1.85. The molecule has 2 heterocycles. The molecule has 152 valence electrons. The minimum atomic E-state index is -0.152. The van der Waals surface area contributed by atoms with Crippen LogP contribution in [-0.2, 0) is 0 Å². The van der Waals surface area contributed by atoms with Crippen molar-refractivity contribution in [2.75, 3.05) is 25.5 Å². The second kappa shape index (κ2) is 8.62. The Kier molecular flexibility index (Phi) is 5.58. The molecular formula is C22H22N6O2. The molecule has 4 N–H and O–H groups in total. The van der Waals surface area contributed by atoms with Crippen LogP contribution in [0.3, 0.4) is 0 Å². The van der Waals surface area contributed by atoms with Crippen molar-refractivity contribution in [3.63, 3.8) is 0 Å². The lowest BCUT2D eigenvalue weighted by Crippen LogP contribution is -2.28. The summed E-state index contributed by atoms with van der Waals surface area (Å²) in [4.78, 5) is 16.6. The number of hydrogen-bond acceptors (Lipinski definition) is 6. The SMILES string of the molecule is COc1cccc(-c2cccn3nc(Nc4ccc(C(=O)NCCN)cc4)nc23)c1. The summed E-state index contributed by atoms with van der Waals surface area (Å²) in [6.45, 7) is 0.850. The number of nitrogens with two attached hydrogens (primary N) is 1. The molecule has 0 bridgehead atoms. The minimum absolute atomic E-state index is 0.152. The van der Waals surface area contributed by atoms with Gasteiger partial charge in [0.05, 0.1) is 7.11 Å². The Morgan fingerprint density at radius 2 is 1.97 bits per heavy atom. The molecule has 0 aliphatic carbocycles. The third-order valence-electron chi connectivity index (χ3n) is 4.58.